The summed E-state index contributed by atoms with van der Waals surface area (Å²) in [5.41, 5.74) is 5.20. The van der Waals surface area contributed by atoms with Gasteiger partial charge in [-0.2, -0.15) is 0 Å². The van der Waals surface area contributed by atoms with Crippen molar-refractivity contribution in [3.05, 3.63) is 11.6 Å². The van der Waals surface area contributed by atoms with E-state index >= 15 is 0 Å². The normalized spacial score (nSPS) is 12.6. The van der Waals surface area contributed by atoms with Crippen LogP contribution in [0.4, 0.5) is 0 Å². The highest BCUT2D eigenvalue weighted by Gasteiger charge is 2.21. The van der Waals surface area contributed by atoms with Crippen LogP contribution < -0.4 is 11.1 Å². The maximum Gasteiger partial charge on any atom is 0.404 e. The highest BCUT2D eigenvalue weighted by molar-refractivity contribution is 5.88. The molecule has 0 fully saturated rings. The number of nitrogens with one attached hydrogen (secondary N) is 1. The van der Waals surface area contributed by atoms with Gasteiger partial charge in [0.2, 0.25) is 12.1 Å². The summed E-state index contributed by atoms with van der Waals surface area (Å²) in [4.78, 5) is 41.2. The van der Waals surface area contributed by atoms with Gasteiger partial charge in [-0.15, -0.1) is 0 Å². The molecule has 1 unspecified atom stereocenters. The molecule has 18 heavy (non-hydrogen) atoms. The van der Waals surface area contributed by atoms with E-state index in [9.17, 15) is 14.4 Å². The van der Waals surface area contributed by atoms with Crippen LogP contribution in [0.5, 0.6) is 0 Å². The van der Waals surface area contributed by atoms with E-state index in [1.165, 1.54) is 6.92 Å². The average Bonchev–Trinajstić information content (AvgIpc) is 2.35. The minimum atomic E-state index is -1.94. The van der Waals surface area contributed by atoms with Crippen molar-refractivity contribution in [3.63, 3.8) is 0 Å². The van der Waals surface area contributed by atoms with E-state index in [1.54, 1.807) is 6.08 Å². The first kappa shape index (κ1) is 16.1. The number of hydrogen-bond donors (Lipinski definition) is 3. The smallest absolute Gasteiger partial charge is 0.364 e. The maximum atomic E-state index is 11.2. The summed E-state index contributed by atoms with van der Waals surface area (Å²) in [7, 11) is 0. The van der Waals surface area contributed by atoms with Crippen LogP contribution in [0.15, 0.2) is 11.6 Å². The van der Waals surface area contributed by atoms with Gasteiger partial charge < -0.3 is 16.2 Å². The molecule has 0 saturated heterocycles. The molecule has 1 amide bonds. The predicted molar refractivity (Wildman–Crippen MR) is 59.4 cm³/mol. The maximum absolute atomic E-state index is 11.2. The summed E-state index contributed by atoms with van der Waals surface area (Å²) in [6.45, 7) is 2.89. The summed E-state index contributed by atoms with van der Waals surface area (Å²) in [6, 6.07) is 0. The Morgan fingerprint density at radius 2 is 2.00 bits per heavy atom. The Morgan fingerprint density at radius 1 is 1.39 bits per heavy atom. The van der Waals surface area contributed by atoms with Gasteiger partial charge in [0.25, 0.3) is 0 Å². The summed E-state index contributed by atoms with van der Waals surface area (Å²) >= 11 is 0. The zero-order valence-electron chi connectivity index (χ0n) is 10.1. The third kappa shape index (κ3) is 5.97. The molecule has 0 aliphatic rings. The molecule has 8 nitrogen and oxygen atoms in total. The molecule has 8 heteroatoms. The molecule has 0 aromatic rings. The first-order valence-corrected chi connectivity index (χ1v) is 5.19. The van der Waals surface area contributed by atoms with Crippen LogP contribution in [0.25, 0.3) is 0 Å². The third-order valence-corrected chi connectivity index (χ3v) is 1.74. The topological polar surface area (TPSA) is 128 Å². The standard InChI is InChI=1S/C10H16N2O6/c1-3-4-6(2)9(15)17-18-10(16)8(14)12-7(13)5-11/h4,8,14H,3,5,11H2,1-2H3,(H,12,13)/b6-4+. The predicted octanol–water partition coefficient (Wildman–Crippen LogP) is -1.26. The summed E-state index contributed by atoms with van der Waals surface area (Å²) in [5.74, 6) is -2.94. The molecule has 0 bridgehead atoms. The highest BCUT2D eigenvalue weighted by Crippen LogP contribution is 1.99. The number of rotatable bonds is 5. The SMILES string of the molecule is CC/C=C(\C)C(=O)OOC(=O)C(O)NC(=O)CN. The number of aliphatic hydroxyl groups is 1. The van der Waals surface area contributed by atoms with E-state index in [4.69, 9.17) is 10.8 Å². The lowest BCUT2D eigenvalue weighted by Crippen LogP contribution is -2.44. The Balaban J connectivity index is 4.14. The second kappa shape index (κ2) is 8.20. The lowest BCUT2D eigenvalue weighted by atomic mass is 10.2. The van der Waals surface area contributed by atoms with Crippen molar-refractivity contribution in [2.45, 2.75) is 26.5 Å². The van der Waals surface area contributed by atoms with Crippen molar-refractivity contribution in [2.75, 3.05) is 6.54 Å². The largest absolute Gasteiger partial charge is 0.404 e. The van der Waals surface area contributed by atoms with Crippen molar-refractivity contribution >= 4 is 17.8 Å². The second-order valence-corrected chi connectivity index (χ2v) is 3.24. The van der Waals surface area contributed by atoms with Crippen LogP contribution in [0.1, 0.15) is 20.3 Å². The molecule has 0 saturated carbocycles. The number of carbonyl (C=O) groups is 3. The highest BCUT2D eigenvalue weighted by atomic mass is 17.2. The fourth-order valence-corrected chi connectivity index (χ4v) is 0.850. The first-order valence-electron chi connectivity index (χ1n) is 5.19. The van der Waals surface area contributed by atoms with Crippen LogP contribution >= 0.6 is 0 Å². The molecule has 0 spiro atoms. The van der Waals surface area contributed by atoms with Crippen LogP contribution in [0.2, 0.25) is 0 Å². The Kier molecular flexibility index (Phi) is 7.32. The zero-order chi connectivity index (χ0) is 14.1. The van der Waals surface area contributed by atoms with Crippen LogP contribution in [-0.4, -0.2) is 35.7 Å². The van der Waals surface area contributed by atoms with E-state index in [-0.39, 0.29) is 5.57 Å². The molecule has 0 aliphatic carbocycles. The molecule has 0 aromatic carbocycles. The monoisotopic (exact) mass is 260 g/mol. The molecule has 0 rings (SSSR count). The number of allylic oxidation sites excluding steroid dienone is 1. The second-order valence-electron chi connectivity index (χ2n) is 3.24. The Hall–Kier alpha value is -1.93. The van der Waals surface area contributed by atoms with Gasteiger partial charge in [0.05, 0.1) is 6.54 Å². The van der Waals surface area contributed by atoms with Gasteiger partial charge in [-0.25, -0.2) is 19.4 Å². The summed E-state index contributed by atoms with van der Waals surface area (Å²) in [6.07, 6.45) is 0.247. The van der Waals surface area contributed by atoms with E-state index < -0.39 is 30.6 Å². The van der Waals surface area contributed by atoms with Crippen molar-refractivity contribution in [3.8, 4) is 0 Å². The number of amides is 1. The molecule has 0 aromatic heterocycles. The van der Waals surface area contributed by atoms with Gasteiger partial charge in [0.15, 0.2) is 0 Å². The Labute approximate surface area is 104 Å². The number of aliphatic hydroxyl groups excluding tert-OH is 1. The van der Waals surface area contributed by atoms with Gasteiger partial charge >= 0.3 is 11.9 Å². The Bertz CT molecular complexity index is 352. The molecule has 4 N–H and O–H groups in total. The van der Waals surface area contributed by atoms with Crippen molar-refractivity contribution in [1.29, 1.82) is 0 Å². The molecule has 102 valence electrons. The van der Waals surface area contributed by atoms with Gasteiger partial charge in [0, 0.05) is 5.57 Å². The van der Waals surface area contributed by atoms with E-state index in [0.29, 0.717) is 6.42 Å². The fraction of sp³-hybridized carbons (Fsp3) is 0.500. The van der Waals surface area contributed by atoms with Gasteiger partial charge in [-0.05, 0) is 13.3 Å². The third-order valence-electron chi connectivity index (χ3n) is 1.74. The fourth-order valence-electron chi connectivity index (χ4n) is 0.850. The Morgan fingerprint density at radius 3 is 2.50 bits per heavy atom. The quantitative estimate of drug-likeness (QED) is 0.243. The molecular weight excluding hydrogens is 244 g/mol. The molecular formula is C10H16N2O6. The minimum Gasteiger partial charge on any atom is -0.364 e. The lowest BCUT2D eigenvalue weighted by molar-refractivity contribution is -0.262. The van der Waals surface area contributed by atoms with Crippen molar-refractivity contribution < 1.29 is 29.3 Å². The molecule has 0 aliphatic heterocycles. The molecule has 1 atom stereocenters. The van der Waals surface area contributed by atoms with Crippen LogP contribution in [0.3, 0.4) is 0 Å². The average molecular weight is 260 g/mol. The van der Waals surface area contributed by atoms with E-state index in [0.717, 1.165) is 0 Å². The number of carbonyl (C=O) groups excluding carboxylic acids is 3. The van der Waals surface area contributed by atoms with Gasteiger partial charge in [-0.1, -0.05) is 13.0 Å². The van der Waals surface area contributed by atoms with E-state index in [1.807, 2.05) is 12.2 Å². The first-order chi connectivity index (χ1) is 8.42. The molecule has 0 heterocycles. The van der Waals surface area contributed by atoms with Gasteiger partial charge in [-0.3, -0.25) is 4.79 Å². The zero-order valence-corrected chi connectivity index (χ0v) is 10.1. The summed E-state index contributed by atoms with van der Waals surface area (Å²) in [5, 5.41) is 10.9. The van der Waals surface area contributed by atoms with Crippen molar-refractivity contribution in [2.24, 2.45) is 5.73 Å². The molecule has 0 radical (unpaired) electrons. The number of nitrogens with two attached hydrogens (primary N) is 1. The van der Waals surface area contributed by atoms with Crippen molar-refractivity contribution in [1.82, 2.24) is 5.32 Å². The van der Waals surface area contributed by atoms with Gasteiger partial charge in [0.1, 0.15) is 0 Å². The van der Waals surface area contributed by atoms with Crippen LogP contribution in [-0.2, 0) is 24.2 Å². The summed E-state index contributed by atoms with van der Waals surface area (Å²) < 4.78 is 0. The van der Waals surface area contributed by atoms with E-state index in [2.05, 4.69) is 9.78 Å². The minimum absolute atomic E-state index is 0.255. The van der Waals surface area contributed by atoms with Crippen LogP contribution in [0, 0.1) is 0 Å². The lowest BCUT2D eigenvalue weighted by Gasteiger charge is -2.09. The number of hydrogen-bond acceptors (Lipinski definition) is 7.